The molecule has 1 aliphatic heterocycles. The van der Waals surface area contributed by atoms with E-state index in [-0.39, 0.29) is 35.3 Å². The van der Waals surface area contributed by atoms with Crippen LogP contribution in [0.15, 0.2) is 47.1 Å². The zero-order chi connectivity index (χ0) is 18.6. The second-order valence-electron chi connectivity index (χ2n) is 5.32. The Morgan fingerprint density at radius 1 is 1.44 bits per heavy atom. The van der Waals surface area contributed by atoms with Crippen LogP contribution in [-0.4, -0.2) is 25.5 Å². The smallest absolute Gasteiger partial charge is 0.338 e. The van der Waals surface area contributed by atoms with Crippen LogP contribution in [0.4, 0.5) is 0 Å². The maximum absolute atomic E-state index is 12.4. The summed E-state index contributed by atoms with van der Waals surface area (Å²) in [5, 5.41) is 12.1. The molecule has 1 heterocycles. The highest BCUT2D eigenvalue weighted by atomic mass is 16.5. The summed E-state index contributed by atoms with van der Waals surface area (Å²) < 4.78 is 10.5. The SMILES string of the molecule is CCOC(=O)C1=C(C)OC(N)=C(C#N)C1c1cccc(C(=O)NC)c1. The summed E-state index contributed by atoms with van der Waals surface area (Å²) in [5.74, 6) is -1.42. The first-order chi connectivity index (χ1) is 11.9. The molecule has 3 N–H and O–H groups in total. The summed E-state index contributed by atoms with van der Waals surface area (Å²) in [7, 11) is 1.52. The average Bonchev–Trinajstić information content (AvgIpc) is 2.60. The van der Waals surface area contributed by atoms with E-state index in [1.165, 1.54) is 7.05 Å². The van der Waals surface area contributed by atoms with E-state index in [9.17, 15) is 14.9 Å². The lowest BCUT2D eigenvalue weighted by Gasteiger charge is -2.27. The van der Waals surface area contributed by atoms with E-state index < -0.39 is 11.9 Å². The molecule has 7 nitrogen and oxygen atoms in total. The molecule has 1 amide bonds. The van der Waals surface area contributed by atoms with Crippen LogP contribution in [0.3, 0.4) is 0 Å². The molecular weight excluding hydrogens is 322 g/mol. The van der Waals surface area contributed by atoms with Gasteiger partial charge < -0.3 is 20.5 Å². The molecule has 0 bridgehead atoms. The number of hydrogen-bond donors (Lipinski definition) is 2. The summed E-state index contributed by atoms with van der Waals surface area (Å²) in [6.07, 6.45) is 0. The van der Waals surface area contributed by atoms with Crippen LogP contribution in [0, 0.1) is 11.3 Å². The molecule has 1 aromatic rings. The molecule has 0 radical (unpaired) electrons. The number of ether oxygens (including phenoxy) is 2. The van der Waals surface area contributed by atoms with Crippen molar-refractivity contribution >= 4 is 11.9 Å². The molecule has 1 aromatic carbocycles. The summed E-state index contributed by atoms with van der Waals surface area (Å²) in [4.78, 5) is 24.3. The Hall–Kier alpha value is -3.27. The molecule has 0 spiro atoms. The molecule has 25 heavy (non-hydrogen) atoms. The monoisotopic (exact) mass is 341 g/mol. The number of amides is 1. The van der Waals surface area contributed by atoms with Gasteiger partial charge in [0.15, 0.2) is 0 Å². The molecule has 0 saturated heterocycles. The Morgan fingerprint density at radius 3 is 2.76 bits per heavy atom. The predicted molar refractivity (Wildman–Crippen MR) is 89.8 cm³/mol. The van der Waals surface area contributed by atoms with Gasteiger partial charge in [-0.2, -0.15) is 5.26 Å². The lowest BCUT2D eigenvalue weighted by atomic mass is 9.82. The number of allylic oxidation sites excluding steroid dienone is 2. The van der Waals surface area contributed by atoms with Crippen LogP contribution in [0.1, 0.15) is 35.7 Å². The van der Waals surface area contributed by atoms with Crippen molar-refractivity contribution in [2.24, 2.45) is 5.73 Å². The number of esters is 1. The van der Waals surface area contributed by atoms with E-state index in [1.807, 2.05) is 6.07 Å². The fraction of sp³-hybridized carbons (Fsp3) is 0.278. The van der Waals surface area contributed by atoms with Gasteiger partial charge in [0.25, 0.3) is 5.91 Å². The number of carbonyl (C=O) groups is 2. The van der Waals surface area contributed by atoms with E-state index in [2.05, 4.69) is 5.32 Å². The first-order valence-corrected chi connectivity index (χ1v) is 7.72. The molecule has 0 aliphatic carbocycles. The lowest BCUT2D eigenvalue weighted by Crippen LogP contribution is -2.26. The van der Waals surface area contributed by atoms with Crippen LogP contribution in [-0.2, 0) is 14.3 Å². The van der Waals surface area contributed by atoms with Gasteiger partial charge in [0.1, 0.15) is 17.4 Å². The van der Waals surface area contributed by atoms with E-state index >= 15 is 0 Å². The molecule has 130 valence electrons. The molecule has 7 heteroatoms. The molecule has 1 atom stereocenters. The van der Waals surface area contributed by atoms with Gasteiger partial charge >= 0.3 is 5.97 Å². The van der Waals surface area contributed by atoms with Crippen molar-refractivity contribution in [1.29, 1.82) is 5.26 Å². The van der Waals surface area contributed by atoms with Crippen LogP contribution in [0.5, 0.6) is 0 Å². The number of rotatable bonds is 4. The van der Waals surface area contributed by atoms with Gasteiger partial charge in [0, 0.05) is 12.6 Å². The topological polar surface area (TPSA) is 114 Å². The Bertz CT molecular complexity index is 818. The molecule has 0 saturated carbocycles. The highest BCUT2D eigenvalue weighted by Crippen LogP contribution is 2.39. The number of nitrogens with one attached hydrogen (secondary N) is 1. The van der Waals surface area contributed by atoms with Gasteiger partial charge in [0.2, 0.25) is 5.88 Å². The minimum Gasteiger partial charge on any atom is -0.463 e. The van der Waals surface area contributed by atoms with Gasteiger partial charge in [-0.15, -0.1) is 0 Å². The molecular formula is C18H19N3O4. The Morgan fingerprint density at radius 2 is 2.16 bits per heavy atom. The highest BCUT2D eigenvalue weighted by molar-refractivity contribution is 5.95. The van der Waals surface area contributed by atoms with Crippen molar-refractivity contribution in [3.8, 4) is 6.07 Å². The third kappa shape index (κ3) is 3.48. The van der Waals surface area contributed by atoms with Gasteiger partial charge in [-0.3, -0.25) is 4.79 Å². The number of hydrogen-bond acceptors (Lipinski definition) is 6. The number of nitrogens with two attached hydrogens (primary N) is 1. The van der Waals surface area contributed by atoms with Crippen LogP contribution in [0.25, 0.3) is 0 Å². The Balaban J connectivity index is 2.63. The number of carbonyl (C=O) groups excluding carboxylic acids is 2. The number of nitrogens with zero attached hydrogens (tertiary/aromatic N) is 1. The summed E-state index contributed by atoms with van der Waals surface area (Å²) in [5.41, 5.74) is 7.11. The van der Waals surface area contributed by atoms with E-state index in [1.54, 1.807) is 38.1 Å². The van der Waals surface area contributed by atoms with E-state index in [0.29, 0.717) is 11.1 Å². The zero-order valence-corrected chi connectivity index (χ0v) is 14.3. The quantitative estimate of drug-likeness (QED) is 0.806. The van der Waals surface area contributed by atoms with Gasteiger partial charge in [-0.05, 0) is 31.5 Å². The fourth-order valence-corrected chi connectivity index (χ4v) is 2.69. The second-order valence-corrected chi connectivity index (χ2v) is 5.32. The normalized spacial score (nSPS) is 16.8. The highest BCUT2D eigenvalue weighted by Gasteiger charge is 2.36. The van der Waals surface area contributed by atoms with Crippen molar-refractivity contribution < 1.29 is 19.1 Å². The Kier molecular flexibility index (Phi) is 5.45. The van der Waals surface area contributed by atoms with Crippen LogP contribution >= 0.6 is 0 Å². The third-order valence-corrected chi connectivity index (χ3v) is 3.81. The summed E-state index contributed by atoms with van der Waals surface area (Å²) >= 11 is 0. The standard InChI is InChI=1S/C18H19N3O4/c1-4-24-18(23)14-10(2)25-16(20)13(9-19)15(14)11-6-5-7-12(8-11)17(22)21-3/h5-8,15H,4,20H2,1-3H3,(H,21,22). The Labute approximate surface area is 145 Å². The van der Waals surface area contributed by atoms with Crippen LogP contribution in [0.2, 0.25) is 0 Å². The van der Waals surface area contributed by atoms with Crippen molar-refractivity contribution in [2.45, 2.75) is 19.8 Å². The minimum atomic E-state index is -0.762. The fourth-order valence-electron chi connectivity index (χ4n) is 2.69. The van der Waals surface area contributed by atoms with E-state index in [4.69, 9.17) is 15.2 Å². The first-order valence-electron chi connectivity index (χ1n) is 7.72. The first kappa shape index (κ1) is 18.1. The minimum absolute atomic E-state index is 0.0663. The molecule has 1 aliphatic rings. The summed E-state index contributed by atoms with van der Waals surface area (Å²) in [6, 6.07) is 8.66. The maximum Gasteiger partial charge on any atom is 0.338 e. The molecule has 0 aromatic heterocycles. The van der Waals surface area contributed by atoms with Crippen molar-refractivity contribution in [2.75, 3.05) is 13.7 Å². The van der Waals surface area contributed by atoms with Gasteiger partial charge in [-0.1, -0.05) is 12.1 Å². The number of benzene rings is 1. The molecule has 1 unspecified atom stereocenters. The number of nitriles is 1. The van der Waals surface area contributed by atoms with Gasteiger partial charge in [0.05, 0.1) is 18.1 Å². The average molecular weight is 341 g/mol. The van der Waals surface area contributed by atoms with Crippen molar-refractivity contribution in [3.05, 3.63) is 58.2 Å². The second kappa shape index (κ2) is 7.53. The van der Waals surface area contributed by atoms with Gasteiger partial charge in [-0.25, -0.2) is 4.79 Å². The summed E-state index contributed by atoms with van der Waals surface area (Å²) in [6.45, 7) is 3.46. The third-order valence-electron chi connectivity index (χ3n) is 3.81. The van der Waals surface area contributed by atoms with Crippen molar-refractivity contribution in [3.63, 3.8) is 0 Å². The maximum atomic E-state index is 12.4. The zero-order valence-electron chi connectivity index (χ0n) is 14.3. The largest absolute Gasteiger partial charge is 0.463 e. The molecule has 0 fully saturated rings. The lowest BCUT2D eigenvalue weighted by molar-refractivity contribution is -0.139. The molecule has 2 rings (SSSR count). The van der Waals surface area contributed by atoms with Crippen LogP contribution < -0.4 is 11.1 Å². The van der Waals surface area contributed by atoms with E-state index in [0.717, 1.165) is 0 Å². The predicted octanol–water partition coefficient (Wildman–Crippen LogP) is 1.69. The van der Waals surface area contributed by atoms with Crippen molar-refractivity contribution in [1.82, 2.24) is 5.32 Å².